The zero-order valence-corrected chi connectivity index (χ0v) is 13.6. The molecule has 4 rings (SSSR count). The molecule has 1 heterocycles. The molecule has 0 saturated carbocycles. The molecule has 0 radical (unpaired) electrons. The quantitative estimate of drug-likeness (QED) is 0.423. The van der Waals surface area contributed by atoms with Gasteiger partial charge in [-0.25, -0.2) is 0 Å². The second kappa shape index (κ2) is 5.45. The number of fused-ring (bicyclic) bond motifs is 2. The molecule has 0 N–H and O–H groups in total. The molecule has 0 saturated heterocycles. The molecule has 23 heavy (non-hydrogen) atoms. The summed E-state index contributed by atoms with van der Waals surface area (Å²) in [5, 5.41) is 9.26. The van der Waals surface area contributed by atoms with Gasteiger partial charge in [-0.2, -0.15) is 5.26 Å². The average molecular weight is 363 g/mol. The highest BCUT2D eigenvalue weighted by atomic mass is 79.9. The molecule has 110 valence electrons. The summed E-state index contributed by atoms with van der Waals surface area (Å²) in [4.78, 5) is 2.11. The van der Waals surface area contributed by atoms with Crippen LogP contribution in [0.25, 0.3) is 0 Å². The van der Waals surface area contributed by atoms with Crippen LogP contribution in [0.15, 0.2) is 71.2 Å². The maximum atomic E-state index is 9.26. The van der Waals surface area contributed by atoms with Crippen molar-refractivity contribution in [1.82, 2.24) is 0 Å². The first-order valence-electron chi connectivity index (χ1n) is 7.13. The van der Waals surface area contributed by atoms with E-state index in [9.17, 15) is 5.26 Å². The van der Waals surface area contributed by atoms with E-state index in [2.05, 4.69) is 26.9 Å². The Labute approximate surface area is 142 Å². The number of para-hydroxylation sites is 4. The first-order valence-corrected chi connectivity index (χ1v) is 7.92. The van der Waals surface area contributed by atoms with E-state index in [0.29, 0.717) is 5.56 Å². The molecule has 1 aliphatic heterocycles. The van der Waals surface area contributed by atoms with Gasteiger partial charge < -0.3 is 9.64 Å². The van der Waals surface area contributed by atoms with E-state index in [1.807, 2.05) is 66.7 Å². The number of rotatable bonds is 1. The van der Waals surface area contributed by atoms with Gasteiger partial charge in [0.1, 0.15) is 0 Å². The Morgan fingerprint density at radius 2 is 1.48 bits per heavy atom. The Hall–Kier alpha value is -2.77. The van der Waals surface area contributed by atoms with Gasteiger partial charge in [-0.05, 0) is 42.5 Å². The molecule has 0 bridgehead atoms. The largest absolute Gasteiger partial charge is 0.453 e. The van der Waals surface area contributed by atoms with E-state index < -0.39 is 0 Å². The molecule has 0 spiro atoms. The molecule has 1 aliphatic rings. The van der Waals surface area contributed by atoms with Crippen LogP contribution in [0.3, 0.4) is 0 Å². The molecule has 0 aliphatic carbocycles. The van der Waals surface area contributed by atoms with Gasteiger partial charge in [-0.3, -0.25) is 0 Å². The van der Waals surface area contributed by atoms with Crippen LogP contribution in [0.2, 0.25) is 0 Å². The molecule has 4 heteroatoms. The third-order valence-corrected chi connectivity index (χ3v) is 4.16. The minimum Gasteiger partial charge on any atom is -0.453 e. The van der Waals surface area contributed by atoms with Crippen LogP contribution in [-0.2, 0) is 0 Å². The molecular weight excluding hydrogens is 352 g/mol. The number of nitriles is 1. The Morgan fingerprint density at radius 3 is 2.09 bits per heavy atom. The van der Waals surface area contributed by atoms with E-state index in [4.69, 9.17) is 4.74 Å². The second-order valence-electron chi connectivity index (χ2n) is 5.18. The first-order chi connectivity index (χ1) is 11.3. The molecule has 0 aromatic heterocycles. The molecule has 0 unspecified atom stereocenters. The Bertz CT molecular complexity index is 901. The smallest absolute Gasteiger partial charge is 0.151 e. The summed E-state index contributed by atoms with van der Waals surface area (Å²) in [7, 11) is 0. The fraction of sp³-hybridized carbons (Fsp3) is 0. The molecule has 3 nitrogen and oxygen atoms in total. The topological polar surface area (TPSA) is 36.3 Å². The predicted octanol–water partition coefficient (Wildman–Crippen LogP) is 5.90. The van der Waals surface area contributed by atoms with Crippen LogP contribution >= 0.6 is 15.9 Å². The van der Waals surface area contributed by atoms with Crippen molar-refractivity contribution in [3.63, 3.8) is 0 Å². The van der Waals surface area contributed by atoms with Crippen molar-refractivity contribution < 1.29 is 4.74 Å². The highest BCUT2D eigenvalue weighted by Gasteiger charge is 2.25. The average Bonchev–Trinajstić information content (AvgIpc) is 2.59. The van der Waals surface area contributed by atoms with Crippen molar-refractivity contribution in [3.8, 4) is 17.6 Å². The van der Waals surface area contributed by atoms with Gasteiger partial charge >= 0.3 is 0 Å². The SMILES string of the molecule is N#Cc1cc(Br)cc(N2c3ccccc3Oc3ccccc32)c1. The van der Waals surface area contributed by atoms with Crippen LogP contribution in [0.1, 0.15) is 5.56 Å². The fourth-order valence-electron chi connectivity index (χ4n) is 2.75. The molecule has 0 atom stereocenters. The lowest BCUT2D eigenvalue weighted by Crippen LogP contribution is -2.15. The van der Waals surface area contributed by atoms with Gasteiger partial charge in [0.05, 0.1) is 23.0 Å². The lowest BCUT2D eigenvalue weighted by molar-refractivity contribution is 0.477. The lowest BCUT2D eigenvalue weighted by Gasteiger charge is -2.32. The van der Waals surface area contributed by atoms with Gasteiger partial charge in [-0.1, -0.05) is 40.2 Å². The maximum Gasteiger partial charge on any atom is 0.151 e. The van der Waals surface area contributed by atoms with Crippen molar-refractivity contribution in [2.75, 3.05) is 4.90 Å². The second-order valence-corrected chi connectivity index (χ2v) is 6.10. The number of anilines is 3. The first kappa shape index (κ1) is 13.9. The molecule has 0 amide bonds. The number of nitrogens with zero attached hydrogens (tertiary/aromatic N) is 2. The van der Waals surface area contributed by atoms with Gasteiger partial charge in [0.15, 0.2) is 11.5 Å². The molecule has 3 aromatic rings. The lowest BCUT2D eigenvalue weighted by atomic mass is 10.1. The van der Waals surface area contributed by atoms with E-state index in [1.165, 1.54) is 0 Å². The van der Waals surface area contributed by atoms with E-state index in [-0.39, 0.29) is 0 Å². The normalized spacial score (nSPS) is 11.9. The highest BCUT2D eigenvalue weighted by Crippen LogP contribution is 2.50. The zero-order chi connectivity index (χ0) is 15.8. The minimum absolute atomic E-state index is 0.607. The number of halogens is 1. The van der Waals surface area contributed by atoms with Crippen LogP contribution in [0.5, 0.6) is 11.5 Å². The summed E-state index contributed by atoms with van der Waals surface area (Å²) < 4.78 is 6.87. The summed E-state index contributed by atoms with van der Waals surface area (Å²) in [6.45, 7) is 0. The van der Waals surface area contributed by atoms with Crippen molar-refractivity contribution in [2.45, 2.75) is 0 Å². The maximum absolute atomic E-state index is 9.26. The summed E-state index contributed by atoms with van der Waals surface area (Å²) >= 11 is 3.49. The van der Waals surface area contributed by atoms with Crippen LogP contribution in [-0.4, -0.2) is 0 Å². The summed E-state index contributed by atoms with van der Waals surface area (Å²) in [5.41, 5.74) is 3.43. The van der Waals surface area contributed by atoms with Crippen LogP contribution < -0.4 is 9.64 Å². The monoisotopic (exact) mass is 362 g/mol. The van der Waals surface area contributed by atoms with Gasteiger partial charge in [0.2, 0.25) is 0 Å². The number of hydrogen-bond donors (Lipinski definition) is 0. The van der Waals surface area contributed by atoms with Gasteiger partial charge in [0.25, 0.3) is 0 Å². The van der Waals surface area contributed by atoms with Crippen LogP contribution in [0, 0.1) is 11.3 Å². The van der Waals surface area contributed by atoms with Gasteiger partial charge in [-0.15, -0.1) is 0 Å². The molecule has 0 fully saturated rings. The third kappa shape index (κ3) is 2.36. The van der Waals surface area contributed by atoms with Crippen molar-refractivity contribution in [3.05, 3.63) is 76.8 Å². The Balaban J connectivity index is 1.98. The summed E-state index contributed by atoms with van der Waals surface area (Å²) in [6.07, 6.45) is 0. The standard InChI is InChI=1S/C19H11BrN2O/c20-14-9-13(12-21)10-15(11-14)22-16-5-1-3-7-18(16)23-19-8-4-2-6-17(19)22/h1-11H. The predicted molar refractivity (Wildman–Crippen MR) is 93.6 cm³/mol. The summed E-state index contributed by atoms with van der Waals surface area (Å²) in [5.74, 6) is 1.59. The number of ether oxygens (including phenoxy) is 1. The van der Waals surface area contributed by atoms with Gasteiger partial charge in [0, 0.05) is 10.2 Å². The van der Waals surface area contributed by atoms with Crippen molar-refractivity contribution in [1.29, 1.82) is 5.26 Å². The number of hydrogen-bond acceptors (Lipinski definition) is 3. The van der Waals surface area contributed by atoms with Crippen LogP contribution in [0.4, 0.5) is 17.1 Å². The number of benzene rings is 3. The van der Waals surface area contributed by atoms with E-state index in [1.54, 1.807) is 0 Å². The highest BCUT2D eigenvalue weighted by molar-refractivity contribution is 9.10. The van der Waals surface area contributed by atoms with Crippen molar-refractivity contribution >= 4 is 33.0 Å². The Morgan fingerprint density at radius 1 is 0.870 bits per heavy atom. The zero-order valence-electron chi connectivity index (χ0n) is 12.0. The Kier molecular flexibility index (Phi) is 3.29. The van der Waals surface area contributed by atoms with Crippen molar-refractivity contribution in [2.24, 2.45) is 0 Å². The van der Waals surface area contributed by atoms with E-state index in [0.717, 1.165) is 33.0 Å². The third-order valence-electron chi connectivity index (χ3n) is 3.70. The molecule has 3 aromatic carbocycles. The van der Waals surface area contributed by atoms with E-state index >= 15 is 0 Å². The fourth-order valence-corrected chi connectivity index (χ4v) is 3.23. The summed E-state index contributed by atoms with van der Waals surface area (Å²) in [6, 6.07) is 23.7. The molecular formula is C19H11BrN2O. The minimum atomic E-state index is 0.607.